The lowest BCUT2D eigenvalue weighted by atomic mass is 9.92. The molecule has 3 aromatic rings. The van der Waals surface area contributed by atoms with Gasteiger partial charge in [0.25, 0.3) is 0 Å². The number of likely N-dealkylation sites (tertiary alicyclic amines) is 2. The number of hydrogen-bond acceptors (Lipinski definition) is 7. The van der Waals surface area contributed by atoms with Gasteiger partial charge in [-0.3, -0.25) is 4.79 Å². The van der Waals surface area contributed by atoms with E-state index in [0.29, 0.717) is 31.1 Å². The number of nitrogens with zero attached hydrogens (tertiary/aromatic N) is 6. The van der Waals surface area contributed by atoms with Gasteiger partial charge in [0.2, 0.25) is 5.91 Å². The van der Waals surface area contributed by atoms with Gasteiger partial charge in [-0.15, -0.1) is 0 Å². The maximum atomic E-state index is 12.3. The topological polar surface area (TPSA) is 65.0 Å². The van der Waals surface area contributed by atoms with Crippen molar-refractivity contribution in [3.63, 3.8) is 0 Å². The van der Waals surface area contributed by atoms with E-state index in [-0.39, 0.29) is 11.9 Å². The number of rotatable bonds is 6. The normalized spacial score (nSPS) is 24.1. The molecular formula is C31H35ClN6O2. The summed E-state index contributed by atoms with van der Waals surface area (Å²) in [5.74, 6) is 1.45. The number of benzene rings is 2. The van der Waals surface area contributed by atoms with Crippen LogP contribution in [-0.2, 0) is 17.8 Å². The van der Waals surface area contributed by atoms with Crippen LogP contribution in [-0.4, -0.2) is 84.1 Å². The fourth-order valence-electron chi connectivity index (χ4n) is 7.00. The van der Waals surface area contributed by atoms with Crippen molar-refractivity contribution in [2.75, 3.05) is 56.2 Å². The van der Waals surface area contributed by atoms with Crippen molar-refractivity contribution in [1.82, 2.24) is 19.8 Å². The summed E-state index contributed by atoms with van der Waals surface area (Å²) in [5.41, 5.74) is 3.32. The molecule has 1 amide bonds. The van der Waals surface area contributed by atoms with Crippen LogP contribution in [0.5, 0.6) is 6.01 Å². The Balaban J connectivity index is 1.21. The second kappa shape index (κ2) is 10.2. The van der Waals surface area contributed by atoms with Crippen LogP contribution in [0.3, 0.4) is 0 Å². The van der Waals surface area contributed by atoms with Crippen LogP contribution in [0.2, 0.25) is 5.02 Å². The van der Waals surface area contributed by atoms with E-state index >= 15 is 0 Å². The molecule has 5 heterocycles. The van der Waals surface area contributed by atoms with Crippen molar-refractivity contribution < 1.29 is 9.53 Å². The first kappa shape index (κ1) is 25.6. The monoisotopic (exact) mass is 558 g/mol. The van der Waals surface area contributed by atoms with Crippen LogP contribution in [0, 0.1) is 5.92 Å². The van der Waals surface area contributed by atoms with Gasteiger partial charge in [-0.2, -0.15) is 9.97 Å². The summed E-state index contributed by atoms with van der Waals surface area (Å²) in [6.45, 7) is 9.34. The predicted molar refractivity (Wildman–Crippen MR) is 158 cm³/mol. The Bertz CT molecular complexity index is 1470. The number of halogens is 1. The molecule has 3 fully saturated rings. The Kier molecular flexibility index (Phi) is 6.55. The lowest BCUT2D eigenvalue weighted by Crippen LogP contribution is -2.57. The van der Waals surface area contributed by atoms with Crippen molar-refractivity contribution in [3.8, 4) is 6.01 Å². The third-order valence-electron chi connectivity index (χ3n) is 9.27. The van der Waals surface area contributed by atoms with Gasteiger partial charge in [0.1, 0.15) is 12.4 Å². The van der Waals surface area contributed by atoms with Crippen molar-refractivity contribution >= 4 is 39.8 Å². The summed E-state index contributed by atoms with van der Waals surface area (Å²) >= 11 is 6.69. The molecule has 4 aliphatic heterocycles. The largest absolute Gasteiger partial charge is 0.462 e. The Morgan fingerprint density at radius 1 is 1.12 bits per heavy atom. The first-order valence-electron chi connectivity index (χ1n) is 14.3. The van der Waals surface area contributed by atoms with Gasteiger partial charge in [-0.1, -0.05) is 42.4 Å². The molecule has 0 bridgehead atoms. The highest BCUT2D eigenvalue weighted by atomic mass is 35.5. The Morgan fingerprint density at radius 2 is 1.98 bits per heavy atom. The van der Waals surface area contributed by atoms with E-state index < -0.39 is 0 Å². The summed E-state index contributed by atoms with van der Waals surface area (Å²) in [5, 5.41) is 2.97. The average molecular weight is 559 g/mol. The highest BCUT2D eigenvalue weighted by Gasteiger charge is 2.48. The van der Waals surface area contributed by atoms with Crippen LogP contribution in [0.4, 0.5) is 11.5 Å². The van der Waals surface area contributed by atoms with Crippen molar-refractivity contribution in [3.05, 3.63) is 65.3 Å². The van der Waals surface area contributed by atoms with Gasteiger partial charge in [-0.05, 0) is 56.4 Å². The number of hydrogen-bond donors (Lipinski definition) is 0. The zero-order chi connectivity index (χ0) is 27.4. The number of anilines is 2. The number of aromatic nitrogens is 2. The fourth-order valence-corrected chi connectivity index (χ4v) is 7.28. The number of carbonyl (C=O) groups is 1. The molecule has 0 radical (unpaired) electrons. The molecule has 4 aliphatic rings. The van der Waals surface area contributed by atoms with Crippen molar-refractivity contribution in [1.29, 1.82) is 0 Å². The number of fused-ring (bicyclic) bond motifs is 3. The molecule has 1 aromatic heterocycles. The van der Waals surface area contributed by atoms with Crippen LogP contribution in [0.1, 0.15) is 24.1 Å². The predicted octanol–water partition coefficient (Wildman–Crippen LogP) is 4.15. The van der Waals surface area contributed by atoms with E-state index in [1.54, 1.807) is 0 Å². The first-order valence-corrected chi connectivity index (χ1v) is 14.7. The van der Waals surface area contributed by atoms with E-state index in [4.69, 9.17) is 26.3 Å². The molecule has 3 atom stereocenters. The number of carbonyl (C=O) groups excluding carboxylic acids is 1. The summed E-state index contributed by atoms with van der Waals surface area (Å²) in [7, 11) is 2.16. The van der Waals surface area contributed by atoms with E-state index in [9.17, 15) is 4.79 Å². The third kappa shape index (κ3) is 4.38. The van der Waals surface area contributed by atoms with Gasteiger partial charge in [0.15, 0.2) is 0 Å². The number of amides is 1. The number of likely N-dealkylation sites (N-methyl/N-ethyl adjacent to an activating group) is 1. The molecule has 9 heteroatoms. The minimum absolute atomic E-state index is 0.0157. The molecule has 7 rings (SSSR count). The Labute approximate surface area is 240 Å². The number of ether oxygens (including phenoxy) is 1. The van der Waals surface area contributed by atoms with E-state index in [0.717, 1.165) is 78.6 Å². The third-order valence-corrected chi connectivity index (χ3v) is 9.58. The van der Waals surface area contributed by atoms with Crippen molar-refractivity contribution in [2.45, 2.75) is 37.9 Å². The maximum absolute atomic E-state index is 12.3. The van der Waals surface area contributed by atoms with Crippen LogP contribution in [0.25, 0.3) is 10.8 Å². The van der Waals surface area contributed by atoms with Gasteiger partial charge < -0.3 is 24.3 Å². The summed E-state index contributed by atoms with van der Waals surface area (Å²) in [6, 6.07) is 13.5. The Morgan fingerprint density at radius 3 is 2.77 bits per heavy atom. The minimum Gasteiger partial charge on any atom is -0.462 e. The SMILES string of the molecule is C=CC(=O)N1CC2CN(c3nc(OC[C@@H]4CCCN4C)nc4c3CCN(c3cccc5cccc(Cl)c35)C4)CC21. The van der Waals surface area contributed by atoms with Crippen LogP contribution in [0.15, 0.2) is 49.1 Å². The quantitative estimate of drug-likeness (QED) is 0.421. The van der Waals surface area contributed by atoms with E-state index in [1.165, 1.54) is 18.1 Å². The molecule has 208 valence electrons. The molecule has 2 aromatic carbocycles. The highest BCUT2D eigenvalue weighted by Crippen LogP contribution is 2.40. The Hall–Kier alpha value is -3.36. The molecule has 0 saturated carbocycles. The van der Waals surface area contributed by atoms with Gasteiger partial charge in [-0.25, -0.2) is 0 Å². The lowest BCUT2D eigenvalue weighted by molar-refractivity contribution is -0.135. The zero-order valence-corrected chi connectivity index (χ0v) is 23.7. The highest BCUT2D eigenvalue weighted by molar-refractivity contribution is 6.36. The molecule has 0 N–H and O–H groups in total. The first-order chi connectivity index (χ1) is 19.5. The zero-order valence-electron chi connectivity index (χ0n) is 22.9. The second-order valence-corrected chi connectivity index (χ2v) is 12.0. The molecule has 8 nitrogen and oxygen atoms in total. The van der Waals surface area contributed by atoms with Gasteiger partial charge in [0, 0.05) is 54.8 Å². The molecular weight excluding hydrogens is 524 g/mol. The smallest absolute Gasteiger partial charge is 0.318 e. The molecule has 0 aliphatic carbocycles. The van der Waals surface area contributed by atoms with Gasteiger partial charge in [0.05, 0.1) is 23.3 Å². The van der Waals surface area contributed by atoms with E-state index in [2.05, 4.69) is 52.6 Å². The van der Waals surface area contributed by atoms with Crippen LogP contribution < -0.4 is 14.5 Å². The lowest BCUT2D eigenvalue weighted by Gasteiger charge is -2.42. The average Bonchev–Trinajstić information content (AvgIpc) is 3.53. The molecule has 2 unspecified atom stereocenters. The second-order valence-electron chi connectivity index (χ2n) is 11.6. The summed E-state index contributed by atoms with van der Waals surface area (Å²) < 4.78 is 6.30. The molecule has 0 spiro atoms. The maximum Gasteiger partial charge on any atom is 0.318 e. The summed E-state index contributed by atoms with van der Waals surface area (Å²) in [6.07, 6.45) is 4.58. The summed E-state index contributed by atoms with van der Waals surface area (Å²) in [4.78, 5) is 31.3. The van der Waals surface area contributed by atoms with Gasteiger partial charge >= 0.3 is 6.01 Å². The fraction of sp³-hybridized carbons (Fsp3) is 0.452. The minimum atomic E-state index is 0.0157. The van der Waals surface area contributed by atoms with Crippen molar-refractivity contribution in [2.24, 2.45) is 5.92 Å². The van der Waals surface area contributed by atoms with Crippen LogP contribution >= 0.6 is 11.6 Å². The standard InChI is InChI=1S/C31H35ClN6O2/c1-3-28(39)38-16-21-15-37(18-27(21)38)30-23-12-14-36(26-11-5-8-20-7-4-10-24(32)29(20)26)17-25(23)33-31(34-30)40-19-22-9-6-13-35(22)2/h3-5,7-8,10-11,21-22,27H,1,6,9,12-19H2,2H3/t21?,22-,27?/m0/s1. The molecule has 40 heavy (non-hydrogen) atoms. The molecule has 3 saturated heterocycles. The van der Waals surface area contributed by atoms with E-state index in [1.807, 2.05) is 17.0 Å².